The number of hydrazine groups is 1. The lowest BCUT2D eigenvalue weighted by molar-refractivity contribution is 0.0691. The molecule has 0 aromatic heterocycles. The third-order valence-corrected chi connectivity index (χ3v) is 6.11. The average molecular weight is 331 g/mol. The first-order valence-corrected chi connectivity index (χ1v) is 12.4. The molecule has 1 fully saturated rings. The van der Waals surface area contributed by atoms with Crippen molar-refractivity contribution in [2.45, 2.75) is 76.7 Å². The van der Waals surface area contributed by atoms with Gasteiger partial charge in [-0.05, 0) is 37.6 Å². The summed E-state index contributed by atoms with van der Waals surface area (Å²) in [5.41, 5.74) is 0. The summed E-state index contributed by atoms with van der Waals surface area (Å²) < 4.78 is 5.19. The molecule has 22 heavy (non-hydrogen) atoms. The summed E-state index contributed by atoms with van der Waals surface area (Å²) in [6.45, 7) is 7.62. The maximum atomic E-state index is 11.7. The van der Waals surface area contributed by atoms with E-state index in [4.69, 9.17) is 10.6 Å². The summed E-state index contributed by atoms with van der Waals surface area (Å²) in [6.07, 6.45) is 6.74. The number of rotatable bonds is 8. The second-order valence-corrected chi connectivity index (χ2v) is 13.3. The molecule has 130 valence electrons. The molecule has 0 aromatic carbocycles. The number of hydrogen-bond donors (Lipinski definition) is 2. The Morgan fingerprint density at radius 2 is 1.95 bits per heavy atom. The quantitative estimate of drug-likeness (QED) is 0.310. The first kappa shape index (κ1) is 19.5. The minimum absolute atomic E-state index is 0.253. The Morgan fingerprint density at radius 3 is 2.55 bits per heavy atom. The number of carbonyl (C=O) groups is 1. The molecule has 0 heterocycles. The van der Waals surface area contributed by atoms with Crippen molar-refractivity contribution in [1.29, 1.82) is 0 Å². The SMILES string of the molecule is C[Si](C)(C)CCOC(=O)N(N)CCCC(O)C1CCCCC1. The number of aliphatic hydroxyl groups excluding tert-OH is 1. The largest absolute Gasteiger partial charge is 0.449 e. The Bertz CT molecular complexity index is 328. The van der Waals surface area contributed by atoms with E-state index in [9.17, 15) is 9.90 Å². The van der Waals surface area contributed by atoms with Gasteiger partial charge in [0.1, 0.15) is 0 Å². The summed E-state index contributed by atoms with van der Waals surface area (Å²) in [5, 5.41) is 11.3. The molecule has 1 aliphatic carbocycles. The minimum Gasteiger partial charge on any atom is -0.449 e. The van der Waals surface area contributed by atoms with Crippen LogP contribution < -0.4 is 5.84 Å². The van der Waals surface area contributed by atoms with Gasteiger partial charge in [-0.25, -0.2) is 15.6 Å². The maximum absolute atomic E-state index is 11.7. The van der Waals surface area contributed by atoms with Gasteiger partial charge in [-0.15, -0.1) is 0 Å². The van der Waals surface area contributed by atoms with Crippen molar-refractivity contribution < 1.29 is 14.6 Å². The van der Waals surface area contributed by atoms with Crippen LogP contribution in [0.5, 0.6) is 0 Å². The molecule has 1 amide bonds. The highest BCUT2D eigenvalue weighted by molar-refractivity contribution is 6.76. The van der Waals surface area contributed by atoms with E-state index in [-0.39, 0.29) is 6.10 Å². The molecule has 1 atom stereocenters. The molecule has 5 nitrogen and oxygen atoms in total. The number of aliphatic hydroxyl groups is 1. The van der Waals surface area contributed by atoms with Crippen LogP contribution in [-0.4, -0.2) is 43.5 Å². The number of amides is 1. The van der Waals surface area contributed by atoms with Crippen LogP contribution in [-0.2, 0) is 4.74 Å². The average Bonchev–Trinajstić information content (AvgIpc) is 2.46. The molecule has 1 unspecified atom stereocenters. The molecule has 0 bridgehead atoms. The number of ether oxygens (including phenoxy) is 1. The summed E-state index contributed by atoms with van der Waals surface area (Å²) in [7, 11) is -1.19. The summed E-state index contributed by atoms with van der Waals surface area (Å²) in [4.78, 5) is 11.7. The third kappa shape index (κ3) is 8.15. The van der Waals surface area contributed by atoms with Crippen LogP contribution in [0.15, 0.2) is 0 Å². The fourth-order valence-electron chi connectivity index (χ4n) is 2.84. The first-order valence-electron chi connectivity index (χ1n) is 8.66. The number of nitrogens with zero attached hydrogens (tertiary/aromatic N) is 1. The Hall–Kier alpha value is -0.593. The molecule has 1 saturated carbocycles. The van der Waals surface area contributed by atoms with E-state index in [2.05, 4.69) is 19.6 Å². The van der Waals surface area contributed by atoms with Gasteiger partial charge in [-0.1, -0.05) is 38.9 Å². The summed E-state index contributed by atoms with van der Waals surface area (Å²) in [6, 6.07) is 0.951. The van der Waals surface area contributed by atoms with Gasteiger partial charge < -0.3 is 9.84 Å². The van der Waals surface area contributed by atoms with E-state index < -0.39 is 14.2 Å². The van der Waals surface area contributed by atoms with Gasteiger partial charge in [-0.3, -0.25) is 0 Å². The molecule has 0 saturated heterocycles. The Labute approximate surface area is 136 Å². The van der Waals surface area contributed by atoms with Gasteiger partial charge >= 0.3 is 6.09 Å². The topological polar surface area (TPSA) is 75.8 Å². The molecular weight excluding hydrogens is 296 g/mol. The zero-order chi connectivity index (χ0) is 16.6. The van der Waals surface area contributed by atoms with Crippen LogP contribution in [0.2, 0.25) is 25.7 Å². The van der Waals surface area contributed by atoms with Gasteiger partial charge in [0.15, 0.2) is 0 Å². The zero-order valence-corrected chi connectivity index (χ0v) is 15.5. The van der Waals surface area contributed by atoms with E-state index >= 15 is 0 Å². The van der Waals surface area contributed by atoms with Crippen LogP contribution in [0.1, 0.15) is 44.9 Å². The lowest BCUT2D eigenvalue weighted by atomic mass is 9.84. The predicted octanol–water partition coefficient (Wildman–Crippen LogP) is 3.36. The monoisotopic (exact) mass is 330 g/mol. The lowest BCUT2D eigenvalue weighted by Crippen LogP contribution is -2.39. The van der Waals surface area contributed by atoms with Crippen molar-refractivity contribution >= 4 is 14.2 Å². The highest BCUT2D eigenvalue weighted by Crippen LogP contribution is 2.28. The molecule has 6 heteroatoms. The Morgan fingerprint density at radius 1 is 1.32 bits per heavy atom. The fourth-order valence-corrected chi connectivity index (χ4v) is 3.56. The molecule has 1 aliphatic rings. The van der Waals surface area contributed by atoms with Crippen LogP contribution in [0, 0.1) is 5.92 Å². The van der Waals surface area contributed by atoms with Crippen molar-refractivity contribution in [2.75, 3.05) is 13.2 Å². The van der Waals surface area contributed by atoms with Crippen LogP contribution in [0.25, 0.3) is 0 Å². The van der Waals surface area contributed by atoms with Gasteiger partial charge in [0.25, 0.3) is 0 Å². The highest BCUT2D eigenvalue weighted by atomic mass is 28.3. The predicted molar refractivity (Wildman–Crippen MR) is 92.2 cm³/mol. The van der Waals surface area contributed by atoms with Crippen molar-refractivity contribution in [1.82, 2.24) is 5.01 Å². The standard InChI is InChI=1S/C16H34N2O3Si/c1-22(2,3)13-12-21-16(20)18(17)11-7-10-15(19)14-8-5-4-6-9-14/h14-15,19H,4-13,17H2,1-3H3. The smallest absolute Gasteiger partial charge is 0.424 e. The van der Waals surface area contributed by atoms with Crippen molar-refractivity contribution in [3.8, 4) is 0 Å². The molecule has 3 N–H and O–H groups in total. The molecule has 0 aliphatic heterocycles. The normalized spacial score (nSPS) is 18.0. The number of nitrogens with two attached hydrogens (primary N) is 1. The van der Waals surface area contributed by atoms with E-state index in [0.717, 1.165) is 30.3 Å². The minimum atomic E-state index is -1.19. The van der Waals surface area contributed by atoms with Gasteiger partial charge in [0.05, 0.1) is 12.7 Å². The van der Waals surface area contributed by atoms with E-state index in [0.29, 0.717) is 25.5 Å². The lowest BCUT2D eigenvalue weighted by Gasteiger charge is -2.27. The molecule has 0 spiro atoms. The highest BCUT2D eigenvalue weighted by Gasteiger charge is 2.22. The van der Waals surface area contributed by atoms with E-state index in [1.54, 1.807) is 0 Å². The summed E-state index contributed by atoms with van der Waals surface area (Å²) in [5.74, 6) is 6.15. The molecule has 0 radical (unpaired) electrons. The van der Waals surface area contributed by atoms with Crippen LogP contribution in [0.4, 0.5) is 4.79 Å². The Kier molecular flexibility index (Phi) is 8.42. The first-order chi connectivity index (χ1) is 10.3. The third-order valence-electron chi connectivity index (χ3n) is 4.40. The van der Waals surface area contributed by atoms with E-state index in [1.165, 1.54) is 19.3 Å². The maximum Gasteiger partial charge on any atom is 0.424 e. The molecule has 0 aromatic rings. The second-order valence-electron chi connectivity index (χ2n) is 7.73. The zero-order valence-electron chi connectivity index (χ0n) is 14.5. The van der Waals surface area contributed by atoms with Crippen LogP contribution >= 0.6 is 0 Å². The van der Waals surface area contributed by atoms with Crippen molar-refractivity contribution in [2.24, 2.45) is 11.8 Å². The molecular formula is C16H34N2O3Si. The summed E-state index contributed by atoms with van der Waals surface area (Å²) >= 11 is 0. The van der Waals surface area contributed by atoms with Crippen LogP contribution in [0.3, 0.4) is 0 Å². The van der Waals surface area contributed by atoms with Gasteiger partial charge in [0.2, 0.25) is 0 Å². The van der Waals surface area contributed by atoms with Crippen molar-refractivity contribution in [3.05, 3.63) is 0 Å². The molecule has 1 rings (SSSR count). The van der Waals surface area contributed by atoms with Gasteiger partial charge in [0, 0.05) is 14.6 Å². The van der Waals surface area contributed by atoms with Gasteiger partial charge in [-0.2, -0.15) is 0 Å². The number of carbonyl (C=O) groups excluding carboxylic acids is 1. The van der Waals surface area contributed by atoms with Crippen molar-refractivity contribution in [3.63, 3.8) is 0 Å². The second kappa shape index (κ2) is 9.52. The number of hydrogen-bond acceptors (Lipinski definition) is 4. The van der Waals surface area contributed by atoms with E-state index in [1.807, 2.05) is 0 Å². The fraction of sp³-hybridized carbons (Fsp3) is 0.938. The Balaban J connectivity index is 2.13.